The molecule has 1 aliphatic rings. The molecule has 0 saturated carbocycles. The molecule has 1 atom stereocenters. The number of rotatable bonds is 3. The lowest BCUT2D eigenvalue weighted by molar-refractivity contribution is 0.00578. The highest BCUT2D eigenvalue weighted by atomic mass is 16.7. The number of hydrogen-bond acceptors (Lipinski definition) is 4. The van der Waals surface area contributed by atoms with Gasteiger partial charge in [-0.2, -0.15) is 0 Å². The summed E-state index contributed by atoms with van der Waals surface area (Å²) in [5.74, 6) is 1.62. The summed E-state index contributed by atoms with van der Waals surface area (Å²) in [6.45, 7) is 7.55. The maximum Gasteiger partial charge on any atom is 0.486 e. The van der Waals surface area contributed by atoms with E-state index in [1.54, 1.807) is 5.98 Å². The van der Waals surface area contributed by atoms with Crippen LogP contribution in [-0.2, 0) is 9.31 Å². The minimum atomic E-state index is -0.857. The van der Waals surface area contributed by atoms with E-state index in [9.17, 15) is 0 Å². The van der Waals surface area contributed by atoms with Gasteiger partial charge in [0, 0.05) is 0 Å². The van der Waals surface area contributed by atoms with Gasteiger partial charge in [0.2, 0.25) is 0 Å². The van der Waals surface area contributed by atoms with E-state index in [1.807, 2.05) is 27.7 Å². The van der Waals surface area contributed by atoms with Gasteiger partial charge in [0.25, 0.3) is 0 Å². The van der Waals surface area contributed by atoms with Crippen molar-refractivity contribution in [2.24, 2.45) is 0 Å². The van der Waals surface area contributed by atoms with Crippen molar-refractivity contribution in [2.75, 3.05) is 6.61 Å². The molecular weight excluding hydrogens is 195 g/mol. The van der Waals surface area contributed by atoms with Crippen molar-refractivity contribution >= 4 is 7.12 Å². The molecule has 1 saturated heterocycles. The van der Waals surface area contributed by atoms with Gasteiger partial charge in [-0.05, 0) is 27.7 Å². The van der Waals surface area contributed by atoms with Crippen molar-refractivity contribution < 1.29 is 19.5 Å². The second-order valence-corrected chi connectivity index (χ2v) is 4.76. The predicted octanol–water partition coefficient (Wildman–Crippen LogP) is 0.527. The topological polar surface area (TPSA) is 58.9 Å². The van der Waals surface area contributed by atoms with Gasteiger partial charge in [0.15, 0.2) is 0 Å². The fourth-order valence-corrected chi connectivity index (χ4v) is 1.25. The predicted molar refractivity (Wildman–Crippen MR) is 58.3 cm³/mol. The molecule has 0 aromatic rings. The molecule has 1 fully saturated rings. The summed E-state index contributed by atoms with van der Waals surface area (Å²) in [7, 11) is -0.462. The minimum Gasteiger partial charge on any atom is -0.400 e. The van der Waals surface area contributed by atoms with E-state index in [4.69, 9.17) is 19.5 Å². The van der Waals surface area contributed by atoms with Crippen molar-refractivity contribution in [1.29, 1.82) is 0 Å². The third-order valence-electron chi connectivity index (χ3n) is 2.95. The Kier molecular flexibility index (Phi) is 3.61. The Morgan fingerprint density at radius 2 is 1.67 bits per heavy atom. The molecule has 0 radical (unpaired) electrons. The fourth-order valence-electron chi connectivity index (χ4n) is 1.25. The zero-order valence-corrected chi connectivity index (χ0v) is 9.73. The number of hydrogen-bond donors (Lipinski definition) is 2. The molecule has 0 bridgehead atoms. The summed E-state index contributed by atoms with van der Waals surface area (Å²) >= 11 is 0. The first kappa shape index (κ1) is 12.7. The first-order chi connectivity index (χ1) is 6.78. The van der Waals surface area contributed by atoms with Gasteiger partial charge in [-0.3, -0.25) is 0 Å². The van der Waals surface area contributed by atoms with E-state index < -0.39 is 13.2 Å². The Labute approximate surface area is 91.0 Å². The monoisotopic (exact) mass is 214 g/mol. The Balaban J connectivity index is 2.60. The molecule has 4 nitrogen and oxygen atoms in total. The van der Waals surface area contributed by atoms with E-state index in [2.05, 4.69) is 0 Å². The van der Waals surface area contributed by atoms with E-state index in [0.29, 0.717) is 0 Å². The lowest BCUT2D eigenvalue weighted by atomic mass is 9.89. The largest absolute Gasteiger partial charge is 0.486 e. The standard InChI is InChI=1S/C10H19BO4/c1-9(2)10(3,4)15-11(14-9)6-5-8(13)7-12/h5-6,8,12-13H,7H2,1-4H3/b6-5+/t8-/m0/s1. The Hall–Kier alpha value is -0.355. The maximum absolute atomic E-state index is 9.13. The molecule has 15 heavy (non-hydrogen) atoms. The van der Waals surface area contributed by atoms with Crippen LogP contribution in [0.5, 0.6) is 0 Å². The number of aliphatic hydroxyl groups excluding tert-OH is 2. The molecule has 0 unspecified atom stereocenters. The molecule has 0 aromatic carbocycles. The molecular formula is C10H19BO4. The van der Waals surface area contributed by atoms with Crippen molar-refractivity contribution in [3.63, 3.8) is 0 Å². The van der Waals surface area contributed by atoms with Crippen LogP contribution in [0.2, 0.25) is 0 Å². The lowest BCUT2D eigenvalue weighted by Gasteiger charge is -2.32. The molecule has 0 amide bonds. The van der Waals surface area contributed by atoms with Gasteiger partial charge >= 0.3 is 7.12 Å². The zero-order chi connectivity index (χ0) is 11.7. The van der Waals surface area contributed by atoms with Gasteiger partial charge < -0.3 is 19.5 Å². The van der Waals surface area contributed by atoms with Crippen LogP contribution < -0.4 is 0 Å². The second kappa shape index (κ2) is 4.25. The van der Waals surface area contributed by atoms with Crippen LogP contribution in [0.4, 0.5) is 0 Å². The zero-order valence-electron chi connectivity index (χ0n) is 9.73. The van der Waals surface area contributed by atoms with Crippen LogP contribution in [0.1, 0.15) is 27.7 Å². The highest BCUT2D eigenvalue weighted by Gasteiger charge is 2.49. The molecule has 86 valence electrons. The summed E-state index contributed by atoms with van der Waals surface area (Å²) in [4.78, 5) is 0. The van der Waals surface area contributed by atoms with Crippen LogP contribution in [0.25, 0.3) is 0 Å². The second-order valence-electron chi connectivity index (χ2n) is 4.76. The van der Waals surface area contributed by atoms with Gasteiger partial charge in [-0.1, -0.05) is 12.1 Å². The van der Waals surface area contributed by atoms with E-state index in [1.165, 1.54) is 6.08 Å². The van der Waals surface area contributed by atoms with E-state index in [-0.39, 0.29) is 17.8 Å². The third kappa shape index (κ3) is 2.81. The normalized spacial score (nSPS) is 26.1. The summed E-state index contributed by atoms with van der Waals surface area (Å²) in [5, 5.41) is 17.8. The third-order valence-corrected chi connectivity index (χ3v) is 2.95. The number of aliphatic hydroxyl groups is 2. The van der Waals surface area contributed by atoms with E-state index in [0.717, 1.165) is 0 Å². The maximum atomic E-state index is 9.13. The van der Waals surface area contributed by atoms with Crippen LogP contribution in [0, 0.1) is 0 Å². The smallest absolute Gasteiger partial charge is 0.400 e. The summed E-state index contributed by atoms with van der Waals surface area (Å²) in [5.41, 5.74) is -0.738. The van der Waals surface area contributed by atoms with Crippen LogP contribution in [-0.4, -0.2) is 41.2 Å². The average Bonchev–Trinajstić information content (AvgIpc) is 2.31. The van der Waals surface area contributed by atoms with Crippen LogP contribution in [0.3, 0.4) is 0 Å². The molecule has 0 aliphatic carbocycles. The Bertz CT molecular complexity index is 234. The Morgan fingerprint density at radius 1 is 1.20 bits per heavy atom. The Morgan fingerprint density at radius 3 is 2.07 bits per heavy atom. The molecule has 5 heteroatoms. The van der Waals surface area contributed by atoms with E-state index >= 15 is 0 Å². The molecule has 0 aromatic heterocycles. The van der Waals surface area contributed by atoms with Crippen molar-refractivity contribution in [3.05, 3.63) is 12.1 Å². The minimum absolute atomic E-state index is 0.296. The van der Waals surface area contributed by atoms with Crippen molar-refractivity contribution in [1.82, 2.24) is 0 Å². The van der Waals surface area contributed by atoms with Gasteiger partial charge in [-0.25, -0.2) is 0 Å². The van der Waals surface area contributed by atoms with Gasteiger partial charge in [-0.15, -0.1) is 0 Å². The molecule has 0 spiro atoms. The highest BCUT2D eigenvalue weighted by molar-refractivity contribution is 6.51. The van der Waals surface area contributed by atoms with Gasteiger partial charge in [0.1, 0.15) is 0 Å². The first-order valence-corrected chi connectivity index (χ1v) is 5.11. The molecule has 1 heterocycles. The summed E-state index contributed by atoms with van der Waals surface area (Å²) in [6, 6.07) is 0. The molecule has 2 N–H and O–H groups in total. The first-order valence-electron chi connectivity index (χ1n) is 5.11. The van der Waals surface area contributed by atoms with Crippen molar-refractivity contribution in [2.45, 2.75) is 45.0 Å². The molecule has 1 aliphatic heterocycles. The molecule has 1 rings (SSSR count). The van der Waals surface area contributed by atoms with Crippen molar-refractivity contribution in [3.8, 4) is 0 Å². The van der Waals surface area contributed by atoms with Gasteiger partial charge in [0.05, 0.1) is 23.9 Å². The summed E-state index contributed by atoms with van der Waals surface area (Å²) < 4.78 is 11.3. The summed E-state index contributed by atoms with van der Waals surface area (Å²) in [6.07, 6.45) is 0.617. The lowest BCUT2D eigenvalue weighted by Crippen LogP contribution is -2.41. The average molecular weight is 214 g/mol. The van der Waals surface area contributed by atoms with Crippen LogP contribution in [0.15, 0.2) is 12.1 Å². The van der Waals surface area contributed by atoms with Crippen LogP contribution >= 0.6 is 0 Å². The quantitative estimate of drug-likeness (QED) is 0.672. The highest BCUT2D eigenvalue weighted by Crippen LogP contribution is 2.36. The fraction of sp³-hybridized carbons (Fsp3) is 0.800. The SMILES string of the molecule is CC1(C)OB(/C=C/[C@H](O)CO)OC1(C)C.